The lowest BCUT2D eigenvalue weighted by Gasteiger charge is -2.10. The number of hydrogen-bond donors (Lipinski definition) is 1. The van der Waals surface area contributed by atoms with E-state index in [1.807, 2.05) is 0 Å². The van der Waals surface area contributed by atoms with Crippen LogP contribution in [0.25, 0.3) is 0 Å². The lowest BCUT2D eigenvalue weighted by Crippen LogP contribution is -2.05. The standard InChI is InChI=1S/C15H11F2NO3/c16-9-4-5-13(11(17)7-9)21-14-10(15(19)20)6-8-2-1-3-12(8)18-14/h4-7H,1-3H2,(H,19,20). The molecule has 1 aliphatic carbocycles. The van der Waals surface area contributed by atoms with Crippen molar-refractivity contribution in [3.05, 3.63) is 52.7 Å². The Morgan fingerprint density at radius 2 is 2.05 bits per heavy atom. The number of benzene rings is 1. The molecule has 0 fully saturated rings. The largest absolute Gasteiger partial charge is 0.477 e. The summed E-state index contributed by atoms with van der Waals surface area (Å²) in [6.07, 6.45) is 2.40. The van der Waals surface area contributed by atoms with Gasteiger partial charge >= 0.3 is 5.97 Å². The average Bonchev–Trinajstić information content (AvgIpc) is 2.88. The van der Waals surface area contributed by atoms with Gasteiger partial charge in [-0.2, -0.15) is 0 Å². The van der Waals surface area contributed by atoms with E-state index in [4.69, 9.17) is 4.74 Å². The maximum atomic E-state index is 13.6. The van der Waals surface area contributed by atoms with Crippen LogP contribution in [0.1, 0.15) is 28.0 Å². The van der Waals surface area contributed by atoms with E-state index in [1.165, 1.54) is 6.07 Å². The number of hydrogen-bond acceptors (Lipinski definition) is 3. The predicted octanol–water partition coefficient (Wildman–Crippen LogP) is 3.34. The van der Waals surface area contributed by atoms with E-state index in [0.717, 1.165) is 42.7 Å². The third-order valence-electron chi connectivity index (χ3n) is 3.35. The van der Waals surface area contributed by atoms with E-state index in [9.17, 15) is 18.7 Å². The zero-order valence-corrected chi connectivity index (χ0v) is 10.9. The summed E-state index contributed by atoms with van der Waals surface area (Å²) >= 11 is 0. The Hall–Kier alpha value is -2.50. The molecule has 0 aliphatic heterocycles. The number of pyridine rings is 1. The average molecular weight is 291 g/mol. The van der Waals surface area contributed by atoms with Crippen molar-refractivity contribution in [1.29, 1.82) is 0 Å². The first-order valence-corrected chi connectivity index (χ1v) is 6.43. The fraction of sp³-hybridized carbons (Fsp3) is 0.200. The molecule has 0 amide bonds. The number of carboxylic acid groups (broad SMARTS) is 1. The van der Waals surface area contributed by atoms with Gasteiger partial charge in [-0.25, -0.2) is 18.6 Å². The first kappa shape index (κ1) is 13.5. The van der Waals surface area contributed by atoms with Gasteiger partial charge in [0.05, 0.1) is 0 Å². The minimum absolute atomic E-state index is 0.126. The summed E-state index contributed by atoms with van der Waals surface area (Å²) in [6, 6.07) is 4.31. The van der Waals surface area contributed by atoms with Crippen LogP contribution in [0, 0.1) is 11.6 Å². The molecule has 0 atom stereocenters. The van der Waals surface area contributed by atoms with Crippen molar-refractivity contribution in [2.45, 2.75) is 19.3 Å². The van der Waals surface area contributed by atoms with Crippen molar-refractivity contribution in [3.8, 4) is 11.6 Å². The Morgan fingerprint density at radius 3 is 2.76 bits per heavy atom. The highest BCUT2D eigenvalue weighted by Gasteiger charge is 2.22. The number of aromatic nitrogens is 1. The Balaban J connectivity index is 2.03. The van der Waals surface area contributed by atoms with Gasteiger partial charge in [0.15, 0.2) is 11.6 Å². The van der Waals surface area contributed by atoms with E-state index in [1.54, 1.807) is 0 Å². The molecule has 0 bridgehead atoms. The molecule has 0 saturated heterocycles. The molecule has 1 aliphatic rings. The molecule has 1 N–H and O–H groups in total. The van der Waals surface area contributed by atoms with Gasteiger partial charge in [-0.3, -0.25) is 0 Å². The van der Waals surface area contributed by atoms with Crippen LogP contribution >= 0.6 is 0 Å². The lowest BCUT2D eigenvalue weighted by atomic mass is 10.1. The van der Waals surface area contributed by atoms with Crippen LogP contribution in [0.4, 0.5) is 8.78 Å². The predicted molar refractivity (Wildman–Crippen MR) is 69.7 cm³/mol. The third kappa shape index (κ3) is 2.56. The summed E-state index contributed by atoms with van der Waals surface area (Å²) in [7, 11) is 0. The first-order chi connectivity index (χ1) is 10.0. The molecule has 1 aromatic heterocycles. The lowest BCUT2D eigenvalue weighted by molar-refractivity contribution is 0.0693. The molecule has 1 aromatic carbocycles. The maximum Gasteiger partial charge on any atom is 0.341 e. The van der Waals surface area contributed by atoms with E-state index in [0.29, 0.717) is 6.07 Å². The van der Waals surface area contributed by atoms with Gasteiger partial charge in [-0.1, -0.05) is 0 Å². The molecule has 2 aromatic rings. The molecule has 3 rings (SSSR count). The van der Waals surface area contributed by atoms with Crippen molar-refractivity contribution in [2.75, 3.05) is 0 Å². The molecule has 0 unspecified atom stereocenters. The van der Waals surface area contributed by atoms with Crippen LogP contribution in [0.5, 0.6) is 11.6 Å². The summed E-state index contributed by atoms with van der Waals surface area (Å²) in [5, 5.41) is 9.21. The molecule has 4 nitrogen and oxygen atoms in total. The molecule has 108 valence electrons. The number of fused-ring (bicyclic) bond motifs is 1. The van der Waals surface area contributed by atoms with Crippen molar-refractivity contribution >= 4 is 5.97 Å². The van der Waals surface area contributed by atoms with Crippen LogP contribution in [0.15, 0.2) is 24.3 Å². The molecule has 0 spiro atoms. The Morgan fingerprint density at radius 1 is 1.24 bits per heavy atom. The minimum atomic E-state index is -1.20. The summed E-state index contributed by atoms with van der Waals surface area (Å²) in [5.41, 5.74) is 1.51. The number of aromatic carboxylic acids is 1. The SMILES string of the molecule is O=C(O)c1cc2c(nc1Oc1ccc(F)cc1F)CCC2. The summed E-state index contributed by atoms with van der Waals surface area (Å²) in [5.74, 6) is -3.28. The topological polar surface area (TPSA) is 59.4 Å². The fourth-order valence-electron chi connectivity index (χ4n) is 2.35. The maximum absolute atomic E-state index is 13.6. The quantitative estimate of drug-likeness (QED) is 0.942. The number of aryl methyl sites for hydroxylation is 2. The highest BCUT2D eigenvalue weighted by atomic mass is 19.1. The molecule has 0 radical (unpaired) electrons. The van der Waals surface area contributed by atoms with E-state index in [-0.39, 0.29) is 17.2 Å². The Labute approximate surface area is 119 Å². The fourth-order valence-corrected chi connectivity index (χ4v) is 2.35. The molecular formula is C15H11F2NO3. The van der Waals surface area contributed by atoms with Gasteiger partial charge in [0, 0.05) is 11.8 Å². The summed E-state index contributed by atoms with van der Waals surface area (Å²) in [4.78, 5) is 15.4. The zero-order chi connectivity index (χ0) is 15.0. The van der Waals surface area contributed by atoms with Crippen LogP contribution in [-0.2, 0) is 12.8 Å². The van der Waals surface area contributed by atoms with Crippen molar-refractivity contribution < 1.29 is 23.4 Å². The Bertz CT molecular complexity index is 731. The number of halogens is 2. The second kappa shape index (κ2) is 5.12. The second-order valence-corrected chi connectivity index (χ2v) is 4.78. The van der Waals surface area contributed by atoms with Crippen LogP contribution in [-0.4, -0.2) is 16.1 Å². The van der Waals surface area contributed by atoms with E-state index in [2.05, 4.69) is 4.98 Å². The first-order valence-electron chi connectivity index (χ1n) is 6.43. The molecule has 6 heteroatoms. The van der Waals surface area contributed by atoms with E-state index >= 15 is 0 Å². The highest BCUT2D eigenvalue weighted by Crippen LogP contribution is 2.31. The smallest absolute Gasteiger partial charge is 0.341 e. The second-order valence-electron chi connectivity index (χ2n) is 4.78. The molecule has 21 heavy (non-hydrogen) atoms. The van der Waals surface area contributed by atoms with Gasteiger partial charge in [-0.05, 0) is 43.0 Å². The molecule has 1 heterocycles. The summed E-state index contributed by atoms with van der Waals surface area (Å²) < 4.78 is 31.7. The minimum Gasteiger partial charge on any atom is -0.477 e. The van der Waals surface area contributed by atoms with Crippen LogP contribution in [0.2, 0.25) is 0 Å². The van der Waals surface area contributed by atoms with Gasteiger partial charge in [0.25, 0.3) is 0 Å². The number of rotatable bonds is 3. The molecule has 0 saturated carbocycles. The van der Waals surface area contributed by atoms with Gasteiger partial charge in [-0.15, -0.1) is 0 Å². The van der Waals surface area contributed by atoms with Crippen molar-refractivity contribution in [1.82, 2.24) is 4.98 Å². The normalized spacial score (nSPS) is 13.0. The van der Waals surface area contributed by atoms with Crippen molar-refractivity contribution in [2.24, 2.45) is 0 Å². The Kier molecular flexibility index (Phi) is 3.29. The number of carboxylic acids is 1. The number of carbonyl (C=O) groups is 1. The number of ether oxygens (including phenoxy) is 1. The summed E-state index contributed by atoms with van der Waals surface area (Å²) in [6.45, 7) is 0. The van der Waals surface area contributed by atoms with E-state index < -0.39 is 17.6 Å². The highest BCUT2D eigenvalue weighted by molar-refractivity contribution is 5.90. The molecular weight excluding hydrogens is 280 g/mol. The zero-order valence-electron chi connectivity index (χ0n) is 10.9. The van der Waals surface area contributed by atoms with Crippen LogP contribution < -0.4 is 4.74 Å². The number of nitrogens with zero attached hydrogens (tertiary/aromatic N) is 1. The van der Waals surface area contributed by atoms with Crippen LogP contribution in [0.3, 0.4) is 0 Å². The van der Waals surface area contributed by atoms with Crippen molar-refractivity contribution in [3.63, 3.8) is 0 Å². The van der Waals surface area contributed by atoms with Gasteiger partial charge in [0.2, 0.25) is 5.88 Å². The van der Waals surface area contributed by atoms with Gasteiger partial charge < -0.3 is 9.84 Å². The monoisotopic (exact) mass is 291 g/mol. The third-order valence-corrected chi connectivity index (χ3v) is 3.35. The van der Waals surface area contributed by atoms with Gasteiger partial charge in [0.1, 0.15) is 11.4 Å².